The first-order valence-corrected chi connectivity index (χ1v) is 18.5. The monoisotopic (exact) mass is 718 g/mol. The van der Waals surface area contributed by atoms with Gasteiger partial charge in [-0.05, 0) is 55.2 Å². The topological polar surface area (TPSA) is 165 Å². The van der Waals surface area contributed by atoms with Crippen molar-refractivity contribution in [1.29, 1.82) is 0 Å². The average Bonchev–Trinajstić information content (AvgIpc) is 3.07. The summed E-state index contributed by atoms with van der Waals surface area (Å²) in [7, 11) is -3.64. The lowest BCUT2D eigenvalue weighted by molar-refractivity contribution is -0.161. The molecule has 3 aromatic carbocycles. The minimum absolute atomic E-state index is 0.0395. The maximum atomic E-state index is 14.1. The molecule has 0 saturated carbocycles. The Hall–Kier alpha value is -4.92. The first kappa shape index (κ1) is 36.4. The minimum Gasteiger partial charge on any atom is -0.448 e. The van der Waals surface area contributed by atoms with Crippen LogP contribution in [0, 0.1) is 0 Å². The molecule has 3 amide bonds. The van der Waals surface area contributed by atoms with Crippen LogP contribution in [0.1, 0.15) is 49.6 Å². The zero-order valence-electron chi connectivity index (χ0n) is 27.9. The predicted octanol–water partition coefficient (Wildman–Crippen LogP) is 4.88. The molecular formula is C36H38N4O8S2. The minimum atomic E-state index is -3.64. The molecule has 3 aromatic rings. The second-order valence-electron chi connectivity index (χ2n) is 12.7. The predicted molar refractivity (Wildman–Crippen MR) is 190 cm³/mol. The zero-order valence-corrected chi connectivity index (χ0v) is 29.6. The molecule has 50 heavy (non-hydrogen) atoms. The second-order valence-corrected chi connectivity index (χ2v) is 15.6. The van der Waals surface area contributed by atoms with Crippen LogP contribution in [0.3, 0.4) is 0 Å². The van der Waals surface area contributed by atoms with Gasteiger partial charge < -0.3 is 15.2 Å². The van der Waals surface area contributed by atoms with Crippen LogP contribution in [0.4, 0.5) is 10.5 Å². The number of sulfonamides is 1. The second kappa shape index (κ2) is 14.5. The lowest BCUT2D eigenvalue weighted by atomic mass is 9.98. The molecule has 262 valence electrons. The molecule has 2 aliphatic heterocycles. The van der Waals surface area contributed by atoms with Crippen molar-refractivity contribution in [1.82, 2.24) is 9.80 Å². The molecule has 1 unspecified atom stereocenters. The molecule has 0 aliphatic carbocycles. The maximum Gasteiger partial charge on any atom is 0.417 e. The van der Waals surface area contributed by atoms with Gasteiger partial charge in [0.15, 0.2) is 12.1 Å². The summed E-state index contributed by atoms with van der Waals surface area (Å²) >= 11 is 1.24. The average molecular weight is 719 g/mol. The number of fused-ring (bicyclic) bond motifs is 1. The Morgan fingerprint density at radius 3 is 2.12 bits per heavy atom. The van der Waals surface area contributed by atoms with Gasteiger partial charge in [-0.3, -0.25) is 19.2 Å². The number of β-lactam (4-membered cyclic amide) rings is 1. The fraction of sp³-hybridized carbons (Fsp3) is 0.278. The van der Waals surface area contributed by atoms with E-state index in [1.807, 2.05) is 60.7 Å². The fourth-order valence-electron chi connectivity index (χ4n) is 5.57. The first-order valence-electron chi connectivity index (χ1n) is 15.6. The summed E-state index contributed by atoms with van der Waals surface area (Å²) in [5.41, 5.74) is 7.52. The van der Waals surface area contributed by atoms with Gasteiger partial charge in [0.2, 0.25) is 10.0 Å². The third-order valence-electron chi connectivity index (χ3n) is 7.76. The number of ether oxygens (including phenoxy) is 2. The quantitative estimate of drug-likeness (QED) is 0.218. The molecule has 0 aromatic heterocycles. The van der Waals surface area contributed by atoms with Crippen molar-refractivity contribution in [3.8, 4) is 0 Å². The summed E-state index contributed by atoms with van der Waals surface area (Å²) in [5.74, 6) is -2.23. The Morgan fingerprint density at radius 1 is 1.00 bits per heavy atom. The van der Waals surface area contributed by atoms with Crippen LogP contribution in [0.5, 0.6) is 0 Å². The Bertz CT molecular complexity index is 1910. The number of esters is 1. The molecule has 2 heterocycles. The number of allylic oxidation sites excluding steroid dienone is 1. The zero-order chi connectivity index (χ0) is 36.4. The number of benzene rings is 3. The van der Waals surface area contributed by atoms with Crippen molar-refractivity contribution in [3.63, 3.8) is 0 Å². The largest absolute Gasteiger partial charge is 0.448 e. The van der Waals surface area contributed by atoms with Crippen LogP contribution in [0.15, 0.2) is 109 Å². The van der Waals surface area contributed by atoms with Crippen LogP contribution in [0.25, 0.3) is 0 Å². The lowest BCUT2D eigenvalue weighted by Crippen LogP contribution is -2.73. The van der Waals surface area contributed by atoms with Crippen molar-refractivity contribution in [3.05, 3.63) is 126 Å². The number of hydrogen-bond acceptors (Lipinski definition) is 10. The molecule has 1 fully saturated rings. The van der Waals surface area contributed by atoms with Gasteiger partial charge in [0, 0.05) is 11.4 Å². The molecule has 3 N–H and O–H groups in total. The van der Waals surface area contributed by atoms with E-state index >= 15 is 0 Å². The number of nitrogens with zero attached hydrogens (tertiary/aromatic N) is 2. The summed E-state index contributed by atoms with van der Waals surface area (Å²) in [5, 5.41) is -0.873. The van der Waals surface area contributed by atoms with E-state index in [0.717, 1.165) is 6.26 Å². The third-order valence-corrected chi connectivity index (χ3v) is 9.65. The summed E-state index contributed by atoms with van der Waals surface area (Å²) in [6.45, 7) is 8.68. The van der Waals surface area contributed by atoms with E-state index in [2.05, 4.69) is 11.3 Å². The molecule has 1 saturated heterocycles. The molecule has 5 rings (SSSR count). The Labute approximate surface area is 295 Å². The smallest absolute Gasteiger partial charge is 0.417 e. The number of hydrogen-bond donors (Lipinski definition) is 2. The van der Waals surface area contributed by atoms with Crippen molar-refractivity contribution >= 4 is 51.3 Å². The van der Waals surface area contributed by atoms with E-state index < -0.39 is 63.1 Å². The van der Waals surface area contributed by atoms with Gasteiger partial charge in [-0.15, -0.1) is 11.8 Å². The van der Waals surface area contributed by atoms with Gasteiger partial charge >= 0.3 is 12.1 Å². The molecule has 0 radical (unpaired) electrons. The third kappa shape index (κ3) is 7.93. The summed E-state index contributed by atoms with van der Waals surface area (Å²) in [4.78, 5) is 57.8. The Balaban J connectivity index is 1.47. The van der Waals surface area contributed by atoms with Crippen molar-refractivity contribution in [2.24, 2.45) is 5.73 Å². The van der Waals surface area contributed by atoms with E-state index in [9.17, 15) is 27.6 Å². The Kier molecular flexibility index (Phi) is 10.6. The molecular weight excluding hydrogens is 681 g/mol. The van der Waals surface area contributed by atoms with Gasteiger partial charge in [0.25, 0.3) is 11.8 Å². The van der Waals surface area contributed by atoms with Gasteiger partial charge in [-0.1, -0.05) is 85.5 Å². The number of nitrogens with one attached hydrogen (secondary N) is 1. The van der Waals surface area contributed by atoms with Crippen molar-refractivity contribution < 1.29 is 37.1 Å². The SMILES string of the molecule is C=CC1=C(C(=O)OC(c2ccccc2)c2ccccc2)N2C(=O)C(N(C(=O)OC(C)(C)C)C(=O)[C@H](N)c3cccc(NS(C)(=O)=O)c3)[C@H]2SC1. The number of amides is 3. The van der Waals surface area contributed by atoms with Gasteiger partial charge in [0.1, 0.15) is 22.7 Å². The number of rotatable bonds is 10. The Morgan fingerprint density at radius 2 is 1.58 bits per heavy atom. The van der Waals surface area contributed by atoms with Gasteiger partial charge in [0.05, 0.1) is 6.26 Å². The number of anilines is 1. The summed E-state index contributed by atoms with van der Waals surface area (Å²) in [6.07, 6.45) is 0.558. The van der Waals surface area contributed by atoms with E-state index in [4.69, 9.17) is 15.2 Å². The standard InChI is InChI=1S/C36H38N4O8S2/c1-6-22-21-49-33-29(32(42)39(33)28(22)34(43)47-30(23-14-9-7-10-15-23)24-16-11-8-12-17-24)40(35(44)48-36(2,3)4)31(41)27(37)25-18-13-19-26(20-25)38-50(5,45)46/h6-20,27,29-30,33,38H,1,21,37H2,2-5H3/t27-,29?,33-/m1/s1. The molecule has 14 heteroatoms. The normalized spacial score (nSPS) is 18.0. The van der Waals surface area contributed by atoms with Crippen LogP contribution in [-0.4, -0.2) is 71.1 Å². The van der Waals surface area contributed by atoms with Crippen LogP contribution < -0.4 is 10.5 Å². The van der Waals surface area contributed by atoms with E-state index in [0.29, 0.717) is 21.6 Å². The fourth-order valence-corrected chi connectivity index (χ4v) is 7.51. The maximum absolute atomic E-state index is 14.1. The van der Waals surface area contributed by atoms with Crippen LogP contribution in [-0.2, 0) is 33.9 Å². The van der Waals surface area contributed by atoms with Crippen LogP contribution >= 0.6 is 11.8 Å². The number of thioether (sulfide) groups is 1. The highest BCUT2D eigenvalue weighted by molar-refractivity contribution is 8.00. The molecule has 0 spiro atoms. The van der Waals surface area contributed by atoms with Crippen molar-refractivity contribution in [2.45, 2.75) is 49.9 Å². The highest BCUT2D eigenvalue weighted by Crippen LogP contribution is 2.44. The van der Waals surface area contributed by atoms with Crippen molar-refractivity contribution in [2.75, 3.05) is 16.7 Å². The number of carbonyl (C=O) groups is 4. The van der Waals surface area contributed by atoms with E-state index in [1.54, 1.807) is 20.8 Å². The summed E-state index contributed by atoms with van der Waals surface area (Å²) < 4.78 is 37.6. The first-order chi connectivity index (χ1) is 23.6. The highest BCUT2D eigenvalue weighted by Gasteiger charge is 2.59. The van der Waals surface area contributed by atoms with E-state index in [-0.39, 0.29) is 22.7 Å². The summed E-state index contributed by atoms with van der Waals surface area (Å²) in [6, 6.07) is 21.3. The van der Waals surface area contributed by atoms with Gasteiger partial charge in [-0.25, -0.2) is 22.9 Å². The van der Waals surface area contributed by atoms with Gasteiger partial charge in [-0.2, -0.15) is 0 Å². The lowest BCUT2D eigenvalue weighted by Gasteiger charge is -2.52. The molecule has 0 bridgehead atoms. The highest BCUT2D eigenvalue weighted by atomic mass is 32.2. The molecule has 3 atom stereocenters. The molecule has 2 aliphatic rings. The van der Waals surface area contributed by atoms with Crippen LogP contribution in [0.2, 0.25) is 0 Å². The molecule has 12 nitrogen and oxygen atoms in total. The number of imide groups is 1. The number of carbonyl (C=O) groups excluding carboxylic acids is 4. The van der Waals surface area contributed by atoms with E-state index in [1.165, 1.54) is 47.0 Å². The number of nitrogens with two attached hydrogens (primary N) is 1.